The summed E-state index contributed by atoms with van der Waals surface area (Å²) in [4.78, 5) is 10.5. The molecule has 2 aromatic rings. The molecule has 0 radical (unpaired) electrons. The van der Waals surface area contributed by atoms with Crippen LogP contribution >= 0.6 is 11.3 Å². The van der Waals surface area contributed by atoms with Crippen molar-refractivity contribution >= 4 is 11.3 Å². The number of aryl methyl sites for hydroxylation is 1. The van der Waals surface area contributed by atoms with Crippen molar-refractivity contribution in [2.24, 2.45) is 13.0 Å². The number of imidazole rings is 1. The predicted molar refractivity (Wildman–Crippen MR) is 75.6 cm³/mol. The fourth-order valence-electron chi connectivity index (χ4n) is 1.90. The highest BCUT2D eigenvalue weighted by Crippen LogP contribution is 2.28. The summed E-state index contributed by atoms with van der Waals surface area (Å²) in [6.07, 6.45) is 4.80. The van der Waals surface area contributed by atoms with Gasteiger partial charge < -0.3 is 9.88 Å². The molecule has 0 atom stereocenters. The zero-order valence-electron chi connectivity index (χ0n) is 11.4. The zero-order valence-corrected chi connectivity index (χ0v) is 12.2. The quantitative estimate of drug-likeness (QED) is 0.902. The van der Waals surface area contributed by atoms with Gasteiger partial charge in [0, 0.05) is 30.9 Å². The summed E-state index contributed by atoms with van der Waals surface area (Å²) in [6, 6.07) is 0. The number of hydrogen-bond donors (Lipinski definition) is 1. The topological polar surface area (TPSA) is 42.7 Å². The molecule has 0 bridgehead atoms. The molecule has 4 nitrogen and oxygen atoms in total. The first-order chi connectivity index (χ1) is 8.61. The van der Waals surface area contributed by atoms with Crippen LogP contribution in [0.2, 0.25) is 0 Å². The molecule has 0 unspecified atom stereocenters. The lowest BCUT2D eigenvalue weighted by Crippen LogP contribution is -2.07. The monoisotopic (exact) mass is 264 g/mol. The number of rotatable bonds is 5. The van der Waals surface area contributed by atoms with Gasteiger partial charge in [-0.3, -0.25) is 0 Å². The molecule has 0 saturated carbocycles. The van der Waals surface area contributed by atoms with E-state index >= 15 is 0 Å². The van der Waals surface area contributed by atoms with E-state index in [1.165, 1.54) is 10.6 Å². The molecule has 0 amide bonds. The third-order valence-corrected chi connectivity index (χ3v) is 3.82. The summed E-state index contributed by atoms with van der Waals surface area (Å²) in [6.45, 7) is 5.33. The van der Waals surface area contributed by atoms with Crippen LogP contribution in [0.4, 0.5) is 0 Å². The predicted octanol–water partition coefficient (Wildman–Crippen LogP) is 2.46. The van der Waals surface area contributed by atoms with Crippen LogP contribution in [0.25, 0.3) is 10.8 Å². The first kappa shape index (κ1) is 13.2. The number of nitrogens with one attached hydrogen (secondary N) is 1. The Morgan fingerprint density at radius 3 is 2.78 bits per heavy atom. The Kier molecular flexibility index (Phi) is 4.14. The number of aromatic nitrogens is 3. The van der Waals surface area contributed by atoms with E-state index in [0.717, 1.165) is 23.8 Å². The first-order valence-corrected chi connectivity index (χ1v) is 7.04. The molecule has 1 N–H and O–H groups in total. The van der Waals surface area contributed by atoms with E-state index in [4.69, 9.17) is 4.98 Å². The Labute approximate surface area is 112 Å². The van der Waals surface area contributed by atoms with Gasteiger partial charge in [0.2, 0.25) is 0 Å². The Hall–Kier alpha value is -1.20. The lowest BCUT2D eigenvalue weighted by atomic mass is 10.1. The van der Waals surface area contributed by atoms with Gasteiger partial charge >= 0.3 is 0 Å². The number of nitrogens with zero attached hydrogens (tertiary/aromatic N) is 3. The van der Waals surface area contributed by atoms with Gasteiger partial charge in [-0.25, -0.2) is 9.97 Å². The standard InChI is InChI=1S/C13H20N4S/c1-9(2)7-10-11(8-14-3)18-13(16-10)12-15-5-6-17(12)4/h5-6,9,14H,7-8H2,1-4H3. The van der Waals surface area contributed by atoms with Crippen molar-refractivity contribution in [2.75, 3.05) is 7.05 Å². The highest BCUT2D eigenvalue weighted by molar-refractivity contribution is 7.15. The van der Waals surface area contributed by atoms with E-state index in [1.54, 1.807) is 11.3 Å². The summed E-state index contributed by atoms with van der Waals surface area (Å²) < 4.78 is 2.02. The van der Waals surface area contributed by atoms with Crippen molar-refractivity contribution in [3.05, 3.63) is 23.0 Å². The molecular weight excluding hydrogens is 244 g/mol. The van der Waals surface area contributed by atoms with E-state index < -0.39 is 0 Å². The van der Waals surface area contributed by atoms with Crippen LogP contribution in [0.3, 0.4) is 0 Å². The summed E-state index contributed by atoms with van der Waals surface area (Å²) >= 11 is 1.74. The second-order valence-electron chi connectivity index (χ2n) is 4.88. The molecule has 0 aliphatic heterocycles. The largest absolute Gasteiger partial charge is 0.332 e. The van der Waals surface area contributed by atoms with Crippen LogP contribution in [0, 0.1) is 5.92 Å². The van der Waals surface area contributed by atoms with Crippen LogP contribution in [-0.4, -0.2) is 21.6 Å². The van der Waals surface area contributed by atoms with Crippen LogP contribution < -0.4 is 5.32 Å². The molecule has 0 fully saturated rings. The van der Waals surface area contributed by atoms with Gasteiger partial charge in [-0.2, -0.15) is 0 Å². The zero-order chi connectivity index (χ0) is 13.1. The van der Waals surface area contributed by atoms with E-state index in [2.05, 4.69) is 24.1 Å². The van der Waals surface area contributed by atoms with Gasteiger partial charge in [-0.1, -0.05) is 13.8 Å². The summed E-state index contributed by atoms with van der Waals surface area (Å²) in [5.74, 6) is 1.57. The highest BCUT2D eigenvalue weighted by Gasteiger charge is 2.15. The third kappa shape index (κ3) is 2.79. The minimum atomic E-state index is 0.622. The normalized spacial score (nSPS) is 11.4. The number of hydrogen-bond acceptors (Lipinski definition) is 4. The molecule has 0 spiro atoms. The molecule has 0 aromatic carbocycles. The minimum absolute atomic E-state index is 0.622. The van der Waals surface area contributed by atoms with Crippen LogP contribution in [-0.2, 0) is 20.0 Å². The van der Waals surface area contributed by atoms with E-state index in [0.29, 0.717) is 5.92 Å². The third-order valence-electron chi connectivity index (χ3n) is 2.73. The smallest absolute Gasteiger partial charge is 0.168 e. The summed E-state index contributed by atoms with van der Waals surface area (Å²) in [7, 11) is 3.98. The van der Waals surface area contributed by atoms with Crippen LogP contribution in [0.5, 0.6) is 0 Å². The average Bonchev–Trinajstić information content (AvgIpc) is 2.86. The molecule has 5 heteroatoms. The lowest BCUT2D eigenvalue weighted by molar-refractivity contribution is 0.631. The van der Waals surface area contributed by atoms with Crippen LogP contribution in [0.1, 0.15) is 24.4 Å². The maximum Gasteiger partial charge on any atom is 0.168 e. The van der Waals surface area contributed by atoms with E-state index in [-0.39, 0.29) is 0 Å². The molecule has 18 heavy (non-hydrogen) atoms. The Bertz CT molecular complexity index is 513. The molecule has 98 valence electrons. The summed E-state index contributed by atoms with van der Waals surface area (Å²) in [5, 5.41) is 4.23. The Balaban J connectivity index is 2.35. The molecule has 2 heterocycles. The van der Waals surface area contributed by atoms with Gasteiger partial charge in [0.15, 0.2) is 10.8 Å². The van der Waals surface area contributed by atoms with Crippen molar-refractivity contribution in [1.82, 2.24) is 19.9 Å². The van der Waals surface area contributed by atoms with E-state index in [1.807, 2.05) is 31.1 Å². The van der Waals surface area contributed by atoms with Crippen LogP contribution in [0.15, 0.2) is 12.4 Å². The highest BCUT2D eigenvalue weighted by atomic mass is 32.1. The molecular formula is C13H20N4S. The van der Waals surface area contributed by atoms with Gasteiger partial charge in [-0.15, -0.1) is 11.3 Å². The summed E-state index contributed by atoms with van der Waals surface area (Å²) in [5.41, 5.74) is 1.21. The first-order valence-electron chi connectivity index (χ1n) is 6.22. The molecule has 0 saturated heterocycles. The second-order valence-corrected chi connectivity index (χ2v) is 5.96. The SMILES string of the molecule is CNCc1sc(-c2nccn2C)nc1CC(C)C. The van der Waals surface area contributed by atoms with Crippen molar-refractivity contribution < 1.29 is 0 Å². The van der Waals surface area contributed by atoms with Crippen molar-refractivity contribution in [3.63, 3.8) is 0 Å². The minimum Gasteiger partial charge on any atom is -0.332 e. The lowest BCUT2D eigenvalue weighted by Gasteiger charge is -2.03. The molecule has 2 aromatic heterocycles. The molecule has 0 aliphatic rings. The molecule has 0 aliphatic carbocycles. The van der Waals surface area contributed by atoms with E-state index in [9.17, 15) is 0 Å². The molecule has 2 rings (SSSR count). The van der Waals surface area contributed by atoms with Crippen molar-refractivity contribution in [3.8, 4) is 10.8 Å². The Morgan fingerprint density at radius 2 is 2.22 bits per heavy atom. The van der Waals surface area contributed by atoms with Gasteiger partial charge in [0.05, 0.1) is 5.69 Å². The Morgan fingerprint density at radius 1 is 1.44 bits per heavy atom. The van der Waals surface area contributed by atoms with Gasteiger partial charge in [-0.05, 0) is 19.4 Å². The number of thiazole rings is 1. The average molecular weight is 264 g/mol. The maximum absolute atomic E-state index is 4.77. The van der Waals surface area contributed by atoms with Gasteiger partial charge in [0.25, 0.3) is 0 Å². The van der Waals surface area contributed by atoms with Crippen molar-refractivity contribution in [2.45, 2.75) is 26.8 Å². The fourth-order valence-corrected chi connectivity index (χ4v) is 3.04. The second kappa shape index (κ2) is 5.63. The van der Waals surface area contributed by atoms with Gasteiger partial charge in [0.1, 0.15) is 0 Å². The van der Waals surface area contributed by atoms with Crippen molar-refractivity contribution in [1.29, 1.82) is 0 Å². The maximum atomic E-state index is 4.77. The fraction of sp³-hybridized carbons (Fsp3) is 0.538.